The predicted octanol–water partition coefficient (Wildman–Crippen LogP) is 3.72. The van der Waals surface area contributed by atoms with Gasteiger partial charge in [-0.1, -0.05) is 29.8 Å². The molecule has 1 saturated carbocycles. The minimum absolute atomic E-state index is 0.157. The van der Waals surface area contributed by atoms with Crippen LogP contribution in [-0.4, -0.2) is 54.1 Å². The largest absolute Gasteiger partial charge is 0.375 e. The third kappa shape index (κ3) is 3.92. The molecule has 5 heteroatoms. The van der Waals surface area contributed by atoms with Gasteiger partial charge < -0.3 is 9.64 Å². The number of carbonyl (C=O) groups excluding carboxylic acids is 1. The lowest BCUT2D eigenvalue weighted by atomic mass is 9.81. The van der Waals surface area contributed by atoms with Crippen LogP contribution in [0.5, 0.6) is 0 Å². The van der Waals surface area contributed by atoms with Crippen LogP contribution in [0.25, 0.3) is 0 Å². The number of carbonyl (C=O) groups is 1. The van der Waals surface area contributed by atoms with Crippen LogP contribution in [0.2, 0.25) is 5.02 Å². The Hall–Kier alpha value is -1.10. The summed E-state index contributed by atoms with van der Waals surface area (Å²) in [6.45, 7) is 4.43. The molecule has 0 unspecified atom stereocenters. The highest BCUT2D eigenvalue weighted by atomic mass is 35.5. The molecule has 2 aliphatic heterocycles. The summed E-state index contributed by atoms with van der Waals surface area (Å²) in [4.78, 5) is 17.6. The van der Waals surface area contributed by atoms with Crippen LogP contribution in [0.15, 0.2) is 24.3 Å². The quantitative estimate of drug-likeness (QED) is 0.805. The average Bonchev–Trinajstić information content (AvgIpc) is 2.70. The molecule has 2 heterocycles. The van der Waals surface area contributed by atoms with Crippen molar-refractivity contribution in [2.75, 3.05) is 26.2 Å². The standard InChI is InChI=1S/C21H29ClN2O2/c22-18-7-3-2-6-17(18)15-24-12-13-26-20-9-8-16(14-19(20)24)21(25)23-10-4-1-5-11-23/h2-3,6-7,16,19-20H,1,4-5,8-15H2/t16-,19+,20+/m0/s1. The monoisotopic (exact) mass is 376 g/mol. The summed E-state index contributed by atoms with van der Waals surface area (Å²) < 4.78 is 6.05. The Balaban J connectivity index is 1.44. The Morgan fingerprint density at radius 2 is 1.92 bits per heavy atom. The molecule has 1 aromatic carbocycles. The van der Waals surface area contributed by atoms with Gasteiger partial charge in [0, 0.05) is 43.2 Å². The summed E-state index contributed by atoms with van der Waals surface area (Å²) in [7, 11) is 0. The van der Waals surface area contributed by atoms with Crippen molar-refractivity contribution in [1.29, 1.82) is 0 Å². The van der Waals surface area contributed by atoms with E-state index >= 15 is 0 Å². The van der Waals surface area contributed by atoms with E-state index in [1.54, 1.807) is 0 Å². The fourth-order valence-electron chi connectivity index (χ4n) is 4.82. The SMILES string of the molecule is O=C([C@H]1CC[C@H]2OCCN(Cc3ccccc3Cl)[C@@H]2C1)N1CCCCC1. The van der Waals surface area contributed by atoms with E-state index in [-0.39, 0.29) is 12.0 Å². The molecule has 1 aromatic rings. The highest BCUT2D eigenvalue weighted by molar-refractivity contribution is 6.31. The number of fused-ring (bicyclic) bond motifs is 1. The van der Waals surface area contributed by atoms with E-state index in [4.69, 9.17) is 16.3 Å². The smallest absolute Gasteiger partial charge is 0.225 e. The maximum Gasteiger partial charge on any atom is 0.225 e. The number of rotatable bonds is 3. The lowest BCUT2D eigenvalue weighted by Gasteiger charge is -2.46. The molecular weight excluding hydrogens is 348 g/mol. The van der Waals surface area contributed by atoms with Gasteiger partial charge in [0.05, 0.1) is 12.7 Å². The molecule has 4 rings (SSSR count). The van der Waals surface area contributed by atoms with Crippen LogP contribution in [0, 0.1) is 5.92 Å². The molecule has 0 radical (unpaired) electrons. The van der Waals surface area contributed by atoms with Gasteiger partial charge >= 0.3 is 0 Å². The molecule has 4 nitrogen and oxygen atoms in total. The van der Waals surface area contributed by atoms with Crippen molar-refractivity contribution in [1.82, 2.24) is 9.80 Å². The predicted molar refractivity (Wildman–Crippen MR) is 103 cm³/mol. The van der Waals surface area contributed by atoms with E-state index < -0.39 is 0 Å². The lowest BCUT2D eigenvalue weighted by Crippen LogP contribution is -2.55. The number of amides is 1. The van der Waals surface area contributed by atoms with Crippen molar-refractivity contribution >= 4 is 17.5 Å². The molecule has 2 saturated heterocycles. The fraction of sp³-hybridized carbons (Fsp3) is 0.667. The molecule has 0 aromatic heterocycles. The zero-order chi connectivity index (χ0) is 17.9. The van der Waals surface area contributed by atoms with E-state index in [1.165, 1.54) is 12.0 Å². The highest BCUT2D eigenvalue weighted by Gasteiger charge is 2.41. The number of likely N-dealkylation sites (tertiary alicyclic amines) is 1. The van der Waals surface area contributed by atoms with Gasteiger partial charge in [0.1, 0.15) is 0 Å². The van der Waals surface area contributed by atoms with Crippen molar-refractivity contribution in [2.24, 2.45) is 5.92 Å². The van der Waals surface area contributed by atoms with Crippen molar-refractivity contribution < 1.29 is 9.53 Å². The minimum atomic E-state index is 0.157. The second-order valence-corrected chi connectivity index (χ2v) is 8.34. The molecule has 26 heavy (non-hydrogen) atoms. The zero-order valence-corrected chi connectivity index (χ0v) is 16.2. The van der Waals surface area contributed by atoms with Crippen molar-refractivity contribution in [2.45, 2.75) is 57.2 Å². The van der Waals surface area contributed by atoms with Crippen LogP contribution < -0.4 is 0 Å². The van der Waals surface area contributed by atoms with Crippen LogP contribution in [-0.2, 0) is 16.1 Å². The van der Waals surface area contributed by atoms with Crippen LogP contribution in [0.1, 0.15) is 44.1 Å². The number of nitrogens with zero attached hydrogens (tertiary/aromatic N) is 2. The van der Waals surface area contributed by atoms with E-state index in [0.29, 0.717) is 11.9 Å². The lowest BCUT2D eigenvalue weighted by molar-refractivity contribution is -0.144. The third-order valence-electron chi connectivity index (χ3n) is 6.28. The molecule has 0 spiro atoms. The number of benzene rings is 1. The fourth-order valence-corrected chi connectivity index (χ4v) is 5.02. The number of halogens is 1. The Morgan fingerprint density at radius 1 is 1.12 bits per heavy atom. The van der Waals surface area contributed by atoms with Crippen LogP contribution in [0.4, 0.5) is 0 Å². The van der Waals surface area contributed by atoms with E-state index in [2.05, 4.69) is 15.9 Å². The maximum absolute atomic E-state index is 13.0. The number of piperidine rings is 1. The number of morpholine rings is 1. The summed E-state index contributed by atoms with van der Waals surface area (Å²) in [5, 5.41) is 0.826. The van der Waals surface area contributed by atoms with Crippen LogP contribution >= 0.6 is 11.6 Å². The summed E-state index contributed by atoms with van der Waals surface area (Å²) in [6.07, 6.45) is 6.72. The van der Waals surface area contributed by atoms with Crippen molar-refractivity contribution in [3.8, 4) is 0 Å². The Bertz CT molecular complexity index is 632. The van der Waals surface area contributed by atoms with Gasteiger partial charge in [0.15, 0.2) is 0 Å². The molecule has 3 aliphatic rings. The Morgan fingerprint density at radius 3 is 2.73 bits per heavy atom. The van der Waals surface area contributed by atoms with Gasteiger partial charge in [-0.25, -0.2) is 0 Å². The van der Waals surface area contributed by atoms with E-state index in [9.17, 15) is 4.79 Å². The van der Waals surface area contributed by atoms with Gasteiger partial charge in [-0.05, 0) is 50.2 Å². The topological polar surface area (TPSA) is 32.8 Å². The third-order valence-corrected chi connectivity index (χ3v) is 6.65. The molecule has 142 valence electrons. The second-order valence-electron chi connectivity index (χ2n) is 7.93. The van der Waals surface area contributed by atoms with E-state index in [1.807, 2.05) is 18.2 Å². The first-order valence-electron chi connectivity index (χ1n) is 10.1. The van der Waals surface area contributed by atoms with Gasteiger partial charge in [-0.2, -0.15) is 0 Å². The molecule has 1 aliphatic carbocycles. The molecule has 1 amide bonds. The Labute approximate surface area is 161 Å². The number of ether oxygens (including phenoxy) is 1. The first-order valence-corrected chi connectivity index (χ1v) is 10.5. The summed E-state index contributed by atoms with van der Waals surface area (Å²) in [5.41, 5.74) is 1.17. The first-order chi connectivity index (χ1) is 12.7. The number of hydrogen-bond acceptors (Lipinski definition) is 3. The maximum atomic E-state index is 13.0. The van der Waals surface area contributed by atoms with Gasteiger partial charge in [-0.3, -0.25) is 9.69 Å². The molecule has 0 bridgehead atoms. The molecule has 0 N–H and O–H groups in total. The minimum Gasteiger partial charge on any atom is -0.375 e. The molecular formula is C21H29ClN2O2. The van der Waals surface area contributed by atoms with Crippen LogP contribution in [0.3, 0.4) is 0 Å². The summed E-state index contributed by atoms with van der Waals surface area (Å²) in [6, 6.07) is 8.40. The van der Waals surface area contributed by atoms with Crippen molar-refractivity contribution in [3.63, 3.8) is 0 Å². The van der Waals surface area contributed by atoms with Gasteiger partial charge in [-0.15, -0.1) is 0 Å². The first kappa shape index (κ1) is 18.3. The molecule has 3 atom stereocenters. The average molecular weight is 377 g/mol. The van der Waals surface area contributed by atoms with Gasteiger partial charge in [0.25, 0.3) is 0 Å². The van der Waals surface area contributed by atoms with E-state index in [0.717, 1.165) is 69.9 Å². The Kier molecular flexibility index (Phi) is 5.82. The second kappa shape index (κ2) is 8.28. The highest BCUT2D eigenvalue weighted by Crippen LogP contribution is 2.35. The summed E-state index contributed by atoms with van der Waals surface area (Å²) >= 11 is 6.38. The normalized spacial score (nSPS) is 30.0. The molecule has 3 fully saturated rings. The zero-order valence-electron chi connectivity index (χ0n) is 15.4. The number of hydrogen-bond donors (Lipinski definition) is 0. The van der Waals surface area contributed by atoms with Gasteiger partial charge in [0.2, 0.25) is 5.91 Å². The summed E-state index contributed by atoms with van der Waals surface area (Å²) in [5.74, 6) is 0.538. The van der Waals surface area contributed by atoms with Crippen molar-refractivity contribution in [3.05, 3.63) is 34.9 Å².